The molecule has 0 amide bonds. The minimum atomic E-state index is -4.25. The van der Waals surface area contributed by atoms with Crippen molar-refractivity contribution in [1.82, 2.24) is 8.54 Å². The predicted molar refractivity (Wildman–Crippen MR) is 76.7 cm³/mol. The molecule has 0 saturated carbocycles. The van der Waals surface area contributed by atoms with Crippen LogP contribution in [0.25, 0.3) is 0 Å². The van der Waals surface area contributed by atoms with Crippen LogP contribution in [0.1, 0.15) is 0 Å². The standard InChI is InChI=1S/C13H14FN3O4S/c1-15-12-11(14)8-17(13(18)16(12)2)22(19,20)10-6-4-5-9(7-10)21-3/h4-8H,1-3H3/b15-12+. The van der Waals surface area contributed by atoms with Gasteiger partial charge in [-0.2, -0.15) is 3.97 Å². The van der Waals surface area contributed by atoms with Gasteiger partial charge in [0.25, 0.3) is 10.0 Å². The van der Waals surface area contributed by atoms with Gasteiger partial charge in [0.15, 0.2) is 11.3 Å². The number of nitrogens with zero attached hydrogens (tertiary/aromatic N) is 3. The molecule has 2 rings (SSSR count). The maximum Gasteiger partial charge on any atom is 0.343 e. The van der Waals surface area contributed by atoms with Crippen LogP contribution in [0, 0.1) is 5.82 Å². The van der Waals surface area contributed by atoms with Crippen LogP contribution in [-0.2, 0) is 17.1 Å². The van der Waals surface area contributed by atoms with Crippen LogP contribution in [0.3, 0.4) is 0 Å². The minimum absolute atomic E-state index is 0.186. The second-order valence-electron chi connectivity index (χ2n) is 4.35. The minimum Gasteiger partial charge on any atom is -0.497 e. The molecule has 0 unspecified atom stereocenters. The van der Waals surface area contributed by atoms with Crippen LogP contribution < -0.4 is 15.9 Å². The maximum absolute atomic E-state index is 13.9. The summed E-state index contributed by atoms with van der Waals surface area (Å²) in [7, 11) is -0.321. The van der Waals surface area contributed by atoms with E-state index in [0.717, 1.165) is 4.57 Å². The monoisotopic (exact) mass is 327 g/mol. The van der Waals surface area contributed by atoms with Gasteiger partial charge in [-0.15, -0.1) is 0 Å². The molecular weight excluding hydrogens is 313 g/mol. The summed E-state index contributed by atoms with van der Waals surface area (Å²) in [6.45, 7) is 0. The Morgan fingerprint density at radius 1 is 1.32 bits per heavy atom. The van der Waals surface area contributed by atoms with Crippen molar-refractivity contribution in [3.8, 4) is 5.75 Å². The fourth-order valence-electron chi connectivity index (χ4n) is 1.92. The van der Waals surface area contributed by atoms with Crippen LogP contribution in [0.2, 0.25) is 0 Å². The Morgan fingerprint density at radius 3 is 2.59 bits per heavy atom. The van der Waals surface area contributed by atoms with Crippen LogP contribution in [-0.4, -0.2) is 31.1 Å². The fourth-order valence-corrected chi connectivity index (χ4v) is 3.22. The molecule has 1 aromatic carbocycles. The van der Waals surface area contributed by atoms with Gasteiger partial charge in [0.2, 0.25) is 0 Å². The van der Waals surface area contributed by atoms with Crippen molar-refractivity contribution in [3.63, 3.8) is 0 Å². The van der Waals surface area contributed by atoms with E-state index in [4.69, 9.17) is 4.74 Å². The summed E-state index contributed by atoms with van der Waals surface area (Å²) in [4.78, 5) is 15.6. The molecule has 1 aromatic heterocycles. The van der Waals surface area contributed by atoms with Gasteiger partial charge in [-0.25, -0.2) is 17.6 Å². The van der Waals surface area contributed by atoms with E-state index in [9.17, 15) is 17.6 Å². The molecule has 0 atom stereocenters. The van der Waals surface area contributed by atoms with Gasteiger partial charge in [0.05, 0.1) is 18.2 Å². The molecule has 9 heteroatoms. The summed E-state index contributed by atoms with van der Waals surface area (Å²) in [6.07, 6.45) is 0.611. The first kappa shape index (κ1) is 16.0. The largest absolute Gasteiger partial charge is 0.497 e. The van der Waals surface area contributed by atoms with Crippen molar-refractivity contribution in [2.24, 2.45) is 12.0 Å². The van der Waals surface area contributed by atoms with Gasteiger partial charge in [-0.1, -0.05) is 6.07 Å². The van der Waals surface area contributed by atoms with Crippen molar-refractivity contribution in [2.45, 2.75) is 4.90 Å². The van der Waals surface area contributed by atoms with E-state index in [0.29, 0.717) is 15.9 Å². The number of methoxy groups -OCH3 is 1. The number of aromatic nitrogens is 2. The Hall–Kier alpha value is -2.42. The lowest BCUT2D eigenvalue weighted by Crippen LogP contribution is -2.42. The molecule has 0 spiro atoms. The van der Waals surface area contributed by atoms with Crippen molar-refractivity contribution >= 4 is 10.0 Å². The second-order valence-corrected chi connectivity index (χ2v) is 6.16. The molecule has 22 heavy (non-hydrogen) atoms. The number of hydrogen-bond donors (Lipinski definition) is 0. The number of benzene rings is 1. The molecule has 0 aliphatic rings. The first-order chi connectivity index (χ1) is 10.3. The van der Waals surface area contributed by atoms with Crippen molar-refractivity contribution in [1.29, 1.82) is 0 Å². The molecule has 1 heterocycles. The third-order valence-electron chi connectivity index (χ3n) is 3.05. The molecule has 118 valence electrons. The smallest absolute Gasteiger partial charge is 0.343 e. The fraction of sp³-hybridized carbons (Fsp3) is 0.231. The van der Waals surface area contributed by atoms with Crippen molar-refractivity contribution in [2.75, 3.05) is 14.2 Å². The van der Waals surface area contributed by atoms with Crippen LogP contribution in [0.5, 0.6) is 5.75 Å². The summed E-state index contributed by atoms with van der Waals surface area (Å²) >= 11 is 0. The first-order valence-corrected chi connectivity index (χ1v) is 7.57. The van der Waals surface area contributed by atoms with E-state index in [1.807, 2.05) is 0 Å². The quantitative estimate of drug-likeness (QED) is 0.801. The molecule has 7 nitrogen and oxygen atoms in total. The van der Waals surface area contributed by atoms with Gasteiger partial charge in [-0.05, 0) is 12.1 Å². The molecule has 2 aromatic rings. The normalized spacial score (nSPS) is 12.5. The summed E-state index contributed by atoms with van der Waals surface area (Å²) in [6, 6.07) is 5.56. The number of rotatable bonds is 3. The average Bonchev–Trinajstić information content (AvgIpc) is 2.51. The number of hydrogen-bond acceptors (Lipinski definition) is 5. The van der Waals surface area contributed by atoms with Crippen LogP contribution in [0.15, 0.2) is 45.1 Å². The Labute approximate surface area is 126 Å². The summed E-state index contributed by atoms with van der Waals surface area (Å²) in [5.74, 6) is -0.616. The van der Waals surface area contributed by atoms with Crippen LogP contribution >= 0.6 is 0 Å². The average molecular weight is 327 g/mol. The van der Waals surface area contributed by atoms with Crippen LogP contribution in [0.4, 0.5) is 4.39 Å². The van der Waals surface area contributed by atoms with E-state index in [1.165, 1.54) is 39.4 Å². The summed E-state index contributed by atoms with van der Waals surface area (Å²) < 4.78 is 45.1. The van der Waals surface area contributed by atoms with E-state index in [2.05, 4.69) is 4.99 Å². The van der Waals surface area contributed by atoms with Gasteiger partial charge < -0.3 is 4.74 Å². The highest BCUT2D eigenvalue weighted by Crippen LogP contribution is 2.18. The molecule has 0 radical (unpaired) electrons. The van der Waals surface area contributed by atoms with E-state index < -0.39 is 21.5 Å². The second kappa shape index (κ2) is 5.76. The SMILES string of the molecule is C/N=c1\c(F)cn(S(=O)(=O)c2cccc(OC)c2)c(=O)n1C. The first-order valence-electron chi connectivity index (χ1n) is 6.13. The van der Waals surface area contributed by atoms with Crippen molar-refractivity contribution in [3.05, 3.63) is 52.3 Å². The highest BCUT2D eigenvalue weighted by Gasteiger charge is 2.21. The topological polar surface area (TPSA) is 82.7 Å². The molecule has 0 bridgehead atoms. The Morgan fingerprint density at radius 2 is 2.00 bits per heavy atom. The molecule has 0 aliphatic heterocycles. The third kappa shape index (κ3) is 2.54. The maximum atomic E-state index is 13.9. The Balaban J connectivity index is 2.78. The molecule has 0 N–H and O–H groups in total. The van der Waals surface area contributed by atoms with Gasteiger partial charge in [0.1, 0.15) is 5.75 Å². The zero-order chi connectivity index (χ0) is 16.5. The lowest BCUT2D eigenvalue weighted by atomic mass is 10.3. The van der Waals surface area contributed by atoms with Crippen molar-refractivity contribution < 1.29 is 17.5 Å². The molecular formula is C13H14FN3O4S. The van der Waals surface area contributed by atoms with Gasteiger partial charge in [-0.3, -0.25) is 9.56 Å². The summed E-state index contributed by atoms with van der Waals surface area (Å²) in [5, 5.41) is 0. The highest BCUT2D eigenvalue weighted by atomic mass is 32.2. The zero-order valence-corrected chi connectivity index (χ0v) is 13.0. The lowest BCUT2D eigenvalue weighted by Gasteiger charge is -2.11. The number of ether oxygens (including phenoxy) is 1. The van der Waals surface area contributed by atoms with Gasteiger partial charge >= 0.3 is 5.69 Å². The van der Waals surface area contributed by atoms with E-state index in [1.54, 1.807) is 6.07 Å². The Kier molecular flexibility index (Phi) is 4.18. The predicted octanol–water partition coefficient (Wildman–Crippen LogP) is 0.102. The van der Waals surface area contributed by atoms with E-state index >= 15 is 0 Å². The molecule has 0 fully saturated rings. The highest BCUT2D eigenvalue weighted by molar-refractivity contribution is 7.90. The van der Waals surface area contributed by atoms with E-state index in [-0.39, 0.29) is 10.4 Å². The third-order valence-corrected chi connectivity index (χ3v) is 4.68. The Bertz CT molecular complexity index is 944. The van der Waals surface area contributed by atoms with Gasteiger partial charge in [0, 0.05) is 20.2 Å². The number of halogens is 1. The molecule has 0 aliphatic carbocycles. The summed E-state index contributed by atoms with van der Waals surface area (Å²) in [5.41, 5.74) is -1.16. The molecule has 0 saturated heterocycles. The lowest BCUT2D eigenvalue weighted by molar-refractivity contribution is 0.413. The zero-order valence-electron chi connectivity index (χ0n) is 12.1.